The lowest BCUT2D eigenvalue weighted by Gasteiger charge is -2.11. The highest BCUT2D eigenvalue weighted by molar-refractivity contribution is 7.13. The number of carbonyl (C=O) groups is 1. The summed E-state index contributed by atoms with van der Waals surface area (Å²) in [5.74, 6) is -0.222. The summed E-state index contributed by atoms with van der Waals surface area (Å²) < 4.78 is 0. The molecule has 6 heteroatoms. The molecule has 1 atom stereocenters. The van der Waals surface area contributed by atoms with Crippen LogP contribution in [0.3, 0.4) is 0 Å². The second-order valence-corrected chi connectivity index (χ2v) is 3.69. The van der Waals surface area contributed by atoms with Crippen molar-refractivity contribution in [2.75, 3.05) is 12.4 Å². The Kier molecular flexibility index (Phi) is 3.84. The van der Waals surface area contributed by atoms with Gasteiger partial charge in [0.2, 0.25) is 0 Å². The molecular weight excluding hydrogens is 202 g/mol. The second kappa shape index (κ2) is 4.92. The largest absolute Gasteiger partial charge is 0.350 e. The fourth-order valence-corrected chi connectivity index (χ4v) is 1.64. The number of aryl methyl sites for hydroxylation is 1. The van der Waals surface area contributed by atoms with Crippen LogP contribution in [0.5, 0.6) is 0 Å². The number of amides is 1. The molecule has 78 valence electrons. The van der Waals surface area contributed by atoms with Crippen molar-refractivity contribution >= 4 is 22.4 Å². The van der Waals surface area contributed by atoms with Crippen molar-refractivity contribution in [3.8, 4) is 0 Å². The highest BCUT2D eigenvalue weighted by Crippen LogP contribution is 2.15. The van der Waals surface area contributed by atoms with Crippen molar-refractivity contribution in [2.45, 2.75) is 19.9 Å². The molecule has 0 aliphatic carbocycles. The number of aromatic nitrogens is 1. The van der Waals surface area contributed by atoms with Gasteiger partial charge in [-0.3, -0.25) is 9.63 Å². The number of nitrogens with one attached hydrogen (secondary N) is 2. The van der Waals surface area contributed by atoms with E-state index in [9.17, 15) is 4.79 Å². The van der Waals surface area contributed by atoms with E-state index in [-0.39, 0.29) is 11.9 Å². The molecule has 1 aromatic rings. The van der Waals surface area contributed by atoms with Crippen LogP contribution in [-0.4, -0.2) is 24.0 Å². The highest BCUT2D eigenvalue weighted by atomic mass is 32.1. The first-order valence-corrected chi connectivity index (χ1v) is 5.03. The lowest BCUT2D eigenvalue weighted by atomic mass is 10.3. The van der Waals surface area contributed by atoms with E-state index in [1.165, 1.54) is 18.4 Å². The molecule has 0 fully saturated rings. The van der Waals surface area contributed by atoms with Gasteiger partial charge < -0.3 is 5.32 Å². The fraction of sp³-hybridized carbons (Fsp3) is 0.500. The van der Waals surface area contributed by atoms with E-state index >= 15 is 0 Å². The predicted octanol–water partition coefficient (Wildman–Crippen LogP) is 0.930. The van der Waals surface area contributed by atoms with Crippen LogP contribution >= 0.6 is 11.3 Å². The quantitative estimate of drug-likeness (QED) is 0.733. The van der Waals surface area contributed by atoms with Crippen molar-refractivity contribution in [1.82, 2.24) is 10.5 Å². The van der Waals surface area contributed by atoms with Gasteiger partial charge in [-0.1, -0.05) is 0 Å². The van der Waals surface area contributed by atoms with E-state index in [1.54, 1.807) is 6.92 Å². The molecule has 0 aliphatic rings. The normalized spacial score (nSPS) is 12.2. The molecule has 0 aliphatic heterocycles. The van der Waals surface area contributed by atoms with Crippen LogP contribution in [0.4, 0.5) is 5.13 Å². The monoisotopic (exact) mass is 215 g/mol. The number of anilines is 1. The summed E-state index contributed by atoms with van der Waals surface area (Å²) in [5, 5.41) is 5.62. The Morgan fingerprint density at radius 2 is 2.43 bits per heavy atom. The zero-order chi connectivity index (χ0) is 10.6. The number of hydrogen-bond donors (Lipinski definition) is 2. The Hall–Kier alpha value is -1.14. The summed E-state index contributed by atoms with van der Waals surface area (Å²) >= 11 is 1.47. The SMILES string of the molecule is CONC(=O)C(C)Nc1nc(C)cs1. The minimum absolute atomic E-state index is 0.222. The Morgan fingerprint density at radius 3 is 2.93 bits per heavy atom. The maximum atomic E-state index is 11.2. The van der Waals surface area contributed by atoms with Crippen LogP contribution in [0.25, 0.3) is 0 Å². The van der Waals surface area contributed by atoms with Gasteiger partial charge in [0.25, 0.3) is 5.91 Å². The topological polar surface area (TPSA) is 63.2 Å². The first-order chi connectivity index (χ1) is 6.63. The third kappa shape index (κ3) is 2.97. The van der Waals surface area contributed by atoms with Crippen molar-refractivity contribution in [3.05, 3.63) is 11.1 Å². The van der Waals surface area contributed by atoms with Gasteiger partial charge in [-0.05, 0) is 13.8 Å². The number of hydroxylamine groups is 1. The Balaban J connectivity index is 2.48. The number of nitrogens with zero attached hydrogens (tertiary/aromatic N) is 1. The molecule has 1 aromatic heterocycles. The molecule has 0 saturated heterocycles. The molecule has 0 aromatic carbocycles. The zero-order valence-corrected chi connectivity index (χ0v) is 9.14. The lowest BCUT2D eigenvalue weighted by molar-refractivity contribution is -0.131. The molecule has 5 nitrogen and oxygen atoms in total. The molecule has 1 unspecified atom stereocenters. The van der Waals surface area contributed by atoms with Gasteiger partial charge in [0.1, 0.15) is 6.04 Å². The molecule has 14 heavy (non-hydrogen) atoms. The van der Waals surface area contributed by atoms with Crippen LogP contribution in [0, 0.1) is 6.92 Å². The molecule has 1 rings (SSSR count). The maximum Gasteiger partial charge on any atom is 0.265 e. The first-order valence-electron chi connectivity index (χ1n) is 4.15. The van der Waals surface area contributed by atoms with E-state index in [4.69, 9.17) is 0 Å². The van der Waals surface area contributed by atoms with E-state index in [0.717, 1.165) is 10.8 Å². The van der Waals surface area contributed by atoms with E-state index < -0.39 is 0 Å². The lowest BCUT2D eigenvalue weighted by Crippen LogP contribution is -2.36. The Labute approximate surface area is 86.4 Å². The second-order valence-electron chi connectivity index (χ2n) is 2.83. The van der Waals surface area contributed by atoms with Gasteiger partial charge in [0.15, 0.2) is 5.13 Å². The summed E-state index contributed by atoms with van der Waals surface area (Å²) in [5.41, 5.74) is 3.19. The number of hydrogen-bond acceptors (Lipinski definition) is 5. The van der Waals surface area contributed by atoms with Crippen LogP contribution in [0.1, 0.15) is 12.6 Å². The summed E-state index contributed by atoms with van der Waals surface area (Å²) in [6.45, 7) is 3.65. The molecule has 0 bridgehead atoms. The van der Waals surface area contributed by atoms with Crippen molar-refractivity contribution in [2.24, 2.45) is 0 Å². The third-order valence-corrected chi connectivity index (χ3v) is 2.45. The van der Waals surface area contributed by atoms with Crippen molar-refractivity contribution in [1.29, 1.82) is 0 Å². The molecular formula is C8H13N3O2S. The van der Waals surface area contributed by atoms with Crippen LogP contribution in [-0.2, 0) is 9.63 Å². The van der Waals surface area contributed by atoms with E-state index in [1.807, 2.05) is 12.3 Å². The number of carbonyl (C=O) groups excluding carboxylic acids is 1. The summed E-state index contributed by atoms with van der Waals surface area (Å²) in [6, 6.07) is -0.361. The average Bonchev–Trinajstić information content (AvgIpc) is 2.51. The van der Waals surface area contributed by atoms with Crippen molar-refractivity contribution in [3.63, 3.8) is 0 Å². The molecule has 0 saturated carbocycles. The first kappa shape index (κ1) is 10.9. The maximum absolute atomic E-state index is 11.2. The number of rotatable bonds is 4. The molecule has 2 N–H and O–H groups in total. The standard InChI is InChI=1S/C8H13N3O2S/c1-5-4-14-8(9-5)10-6(2)7(12)11-13-3/h4,6H,1-3H3,(H,9,10)(H,11,12). The van der Waals surface area contributed by atoms with Gasteiger partial charge >= 0.3 is 0 Å². The fourth-order valence-electron chi connectivity index (χ4n) is 0.860. The highest BCUT2D eigenvalue weighted by Gasteiger charge is 2.13. The van der Waals surface area contributed by atoms with Crippen molar-refractivity contribution < 1.29 is 9.63 Å². The van der Waals surface area contributed by atoms with Gasteiger partial charge in [-0.15, -0.1) is 11.3 Å². The Bertz CT molecular complexity index is 313. The van der Waals surface area contributed by atoms with Crippen LogP contribution < -0.4 is 10.8 Å². The minimum atomic E-state index is -0.361. The third-order valence-electron chi connectivity index (χ3n) is 1.55. The average molecular weight is 215 g/mol. The molecule has 0 spiro atoms. The molecule has 1 amide bonds. The zero-order valence-electron chi connectivity index (χ0n) is 8.33. The predicted molar refractivity (Wildman–Crippen MR) is 55.1 cm³/mol. The minimum Gasteiger partial charge on any atom is -0.350 e. The summed E-state index contributed by atoms with van der Waals surface area (Å²) in [7, 11) is 1.40. The van der Waals surface area contributed by atoms with Gasteiger partial charge in [-0.25, -0.2) is 10.5 Å². The van der Waals surface area contributed by atoms with Crippen LogP contribution in [0.2, 0.25) is 0 Å². The van der Waals surface area contributed by atoms with Gasteiger partial charge in [0.05, 0.1) is 12.8 Å². The molecule has 0 radical (unpaired) electrons. The summed E-state index contributed by atoms with van der Waals surface area (Å²) in [6.07, 6.45) is 0. The van der Waals surface area contributed by atoms with Gasteiger partial charge in [-0.2, -0.15) is 0 Å². The summed E-state index contributed by atoms with van der Waals surface area (Å²) in [4.78, 5) is 19.9. The number of thiazole rings is 1. The Morgan fingerprint density at radius 1 is 1.71 bits per heavy atom. The van der Waals surface area contributed by atoms with E-state index in [2.05, 4.69) is 20.6 Å². The van der Waals surface area contributed by atoms with Gasteiger partial charge in [0, 0.05) is 5.38 Å². The van der Waals surface area contributed by atoms with Crippen LogP contribution in [0.15, 0.2) is 5.38 Å². The smallest absolute Gasteiger partial charge is 0.265 e. The molecule has 1 heterocycles. The van der Waals surface area contributed by atoms with E-state index in [0.29, 0.717) is 0 Å².